The number of hydrogen-bond donors (Lipinski definition) is 2. The summed E-state index contributed by atoms with van der Waals surface area (Å²) in [5, 5.41) is 12.6. The van der Waals surface area contributed by atoms with Gasteiger partial charge in [0, 0.05) is 5.92 Å². The highest BCUT2D eigenvalue weighted by atomic mass is 16.5. The first-order valence-corrected chi connectivity index (χ1v) is 10.9. The fourth-order valence-corrected chi connectivity index (χ4v) is 4.62. The molecule has 5 heteroatoms. The van der Waals surface area contributed by atoms with Crippen molar-refractivity contribution in [1.29, 1.82) is 0 Å². The maximum atomic E-state index is 12.8. The maximum absolute atomic E-state index is 12.8. The van der Waals surface area contributed by atoms with E-state index in [1.54, 1.807) is 0 Å². The van der Waals surface area contributed by atoms with Crippen LogP contribution >= 0.6 is 0 Å². The average Bonchev–Trinajstić information content (AvgIpc) is 3.11. The normalized spacial score (nSPS) is 14.3. The number of carbonyl (C=O) groups is 2. The lowest BCUT2D eigenvalue weighted by Crippen LogP contribution is -2.39. The minimum absolute atomic E-state index is 0.0521. The van der Waals surface area contributed by atoms with Gasteiger partial charge in [0.2, 0.25) is 0 Å². The first-order chi connectivity index (χ1) is 15.5. The molecular formula is C27H27NO4. The molecule has 0 radical (unpaired) electrons. The summed E-state index contributed by atoms with van der Waals surface area (Å²) in [6.45, 7) is 3.86. The molecule has 2 unspecified atom stereocenters. The Kier molecular flexibility index (Phi) is 6.26. The molecule has 0 spiro atoms. The van der Waals surface area contributed by atoms with Gasteiger partial charge in [0.05, 0.1) is 12.0 Å². The van der Waals surface area contributed by atoms with Crippen LogP contribution in [0.3, 0.4) is 0 Å². The Morgan fingerprint density at radius 1 is 0.875 bits per heavy atom. The highest BCUT2D eigenvalue weighted by molar-refractivity contribution is 5.79. The summed E-state index contributed by atoms with van der Waals surface area (Å²) >= 11 is 0. The van der Waals surface area contributed by atoms with E-state index in [1.165, 1.54) is 0 Å². The van der Waals surface area contributed by atoms with Crippen LogP contribution in [0, 0.1) is 11.8 Å². The smallest absolute Gasteiger partial charge is 0.407 e. The van der Waals surface area contributed by atoms with Crippen LogP contribution in [0.25, 0.3) is 11.1 Å². The van der Waals surface area contributed by atoms with Crippen molar-refractivity contribution in [2.75, 3.05) is 6.61 Å². The number of carboxylic acids is 1. The Morgan fingerprint density at radius 3 is 1.94 bits per heavy atom. The predicted octanol–water partition coefficient (Wildman–Crippen LogP) is 5.62. The average molecular weight is 430 g/mol. The van der Waals surface area contributed by atoms with E-state index in [-0.39, 0.29) is 18.4 Å². The van der Waals surface area contributed by atoms with E-state index in [2.05, 4.69) is 29.6 Å². The monoisotopic (exact) mass is 429 g/mol. The quantitative estimate of drug-likeness (QED) is 0.511. The minimum atomic E-state index is -0.951. The zero-order chi connectivity index (χ0) is 22.7. The van der Waals surface area contributed by atoms with Gasteiger partial charge < -0.3 is 15.2 Å². The van der Waals surface area contributed by atoms with Gasteiger partial charge in [-0.1, -0.05) is 92.7 Å². The van der Waals surface area contributed by atoms with Crippen molar-refractivity contribution in [3.63, 3.8) is 0 Å². The van der Waals surface area contributed by atoms with Crippen molar-refractivity contribution in [3.8, 4) is 11.1 Å². The van der Waals surface area contributed by atoms with Crippen LogP contribution in [0.4, 0.5) is 4.79 Å². The number of ether oxygens (including phenoxy) is 1. The maximum Gasteiger partial charge on any atom is 0.407 e. The zero-order valence-electron chi connectivity index (χ0n) is 18.2. The second-order valence-electron chi connectivity index (χ2n) is 8.47. The van der Waals surface area contributed by atoms with Crippen LogP contribution in [0.2, 0.25) is 0 Å². The molecule has 1 aliphatic carbocycles. The van der Waals surface area contributed by atoms with Crippen molar-refractivity contribution in [1.82, 2.24) is 5.32 Å². The number of carboxylic acid groups (broad SMARTS) is 1. The summed E-state index contributed by atoms with van der Waals surface area (Å²) in [7, 11) is 0. The first-order valence-electron chi connectivity index (χ1n) is 10.9. The van der Waals surface area contributed by atoms with Crippen molar-refractivity contribution < 1.29 is 19.4 Å². The number of benzene rings is 3. The number of fused-ring (bicyclic) bond motifs is 3. The van der Waals surface area contributed by atoms with E-state index in [4.69, 9.17) is 4.74 Å². The third-order valence-electron chi connectivity index (χ3n) is 6.14. The Bertz CT molecular complexity index is 1060. The van der Waals surface area contributed by atoms with E-state index in [9.17, 15) is 14.7 Å². The van der Waals surface area contributed by atoms with Gasteiger partial charge in [0.25, 0.3) is 0 Å². The van der Waals surface area contributed by atoms with Crippen LogP contribution in [-0.2, 0) is 9.53 Å². The predicted molar refractivity (Wildman–Crippen MR) is 123 cm³/mol. The summed E-state index contributed by atoms with van der Waals surface area (Å²) in [6.07, 6.45) is -0.618. The van der Waals surface area contributed by atoms with E-state index >= 15 is 0 Å². The van der Waals surface area contributed by atoms with E-state index < -0.39 is 24.0 Å². The van der Waals surface area contributed by atoms with Crippen LogP contribution < -0.4 is 5.32 Å². The molecule has 5 nitrogen and oxygen atoms in total. The SMILES string of the molecule is CC(C)C(C(=O)O)C(NC(=O)OCC1c2ccccc2-c2ccccc21)c1ccccc1. The van der Waals surface area contributed by atoms with Gasteiger partial charge in [-0.2, -0.15) is 0 Å². The van der Waals surface area contributed by atoms with Gasteiger partial charge in [0.15, 0.2) is 0 Å². The van der Waals surface area contributed by atoms with Crippen molar-refractivity contribution in [2.24, 2.45) is 11.8 Å². The van der Waals surface area contributed by atoms with Crippen molar-refractivity contribution in [3.05, 3.63) is 95.6 Å². The fraction of sp³-hybridized carbons (Fsp3) is 0.259. The summed E-state index contributed by atoms with van der Waals surface area (Å²) in [5.74, 6) is -1.96. The molecule has 0 heterocycles. The van der Waals surface area contributed by atoms with Gasteiger partial charge >= 0.3 is 12.1 Å². The molecule has 32 heavy (non-hydrogen) atoms. The van der Waals surface area contributed by atoms with Crippen LogP contribution in [0.1, 0.15) is 42.5 Å². The van der Waals surface area contributed by atoms with Crippen molar-refractivity contribution in [2.45, 2.75) is 25.8 Å². The molecular weight excluding hydrogens is 402 g/mol. The standard InChI is InChI=1S/C27H27NO4/c1-17(2)24(26(29)30)25(18-10-4-3-5-11-18)28-27(31)32-16-23-21-14-8-6-12-19(21)20-13-7-9-15-22(20)23/h3-15,17,23-25H,16H2,1-2H3,(H,28,31)(H,29,30). The topological polar surface area (TPSA) is 75.6 Å². The Labute approximate surface area is 188 Å². The first kappa shape index (κ1) is 21.6. The van der Waals surface area contributed by atoms with E-state index in [0.717, 1.165) is 27.8 Å². The molecule has 1 amide bonds. The number of hydrogen-bond acceptors (Lipinski definition) is 3. The largest absolute Gasteiger partial charge is 0.481 e. The molecule has 0 aromatic heterocycles. The number of aliphatic carboxylic acids is 1. The lowest BCUT2D eigenvalue weighted by atomic mass is 9.84. The number of amides is 1. The van der Waals surface area contributed by atoms with Crippen LogP contribution in [0.15, 0.2) is 78.9 Å². The van der Waals surface area contributed by atoms with E-state index in [0.29, 0.717) is 0 Å². The summed E-state index contributed by atoms with van der Waals surface area (Å²) < 4.78 is 5.66. The molecule has 3 aromatic carbocycles. The van der Waals surface area contributed by atoms with Crippen LogP contribution in [0.5, 0.6) is 0 Å². The molecule has 2 N–H and O–H groups in total. The minimum Gasteiger partial charge on any atom is -0.481 e. The van der Waals surface area contributed by atoms with Gasteiger partial charge in [-0.05, 0) is 33.7 Å². The molecule has 164 valence electrons. The number of nitrogens with one attached hydrogen (secondary N) is 1. The summed E-state index contributed by atoms with van der Waals surface area (Å²) in [4.78, 5) is 24.8. The second-order valence-corrected chi connectivity index (χ2v) is 8.47. The summed E-state index contributed by atoms with van der Waals surface area (Å²) in [6, 6.07) is 24.8. The zero-order valence-corrected chi connectivity index (χ0v) is 18.2. The molecule has 3 aromatic rings. The molecule has 0 fully saturated rings. The highest BCUT2D eigenvalue weighted by Gasteiger charge is 2.34. The number of alkyl carbamates (subject to hydrolysis) is 1. The van der Waals surface area contributed by atoms with Gasteiger partial charge in [-0.25, -0.2) is 4.79 Å². The lowest BCUT2D eigenvalue weighted by Gasteiger charge is -2.28. The molecule has 0 saturated heterocycles. The van der Waals surface area contributed by atoms with Crippen molar-refractivity contribution >= 4 is 12.1 Å². The molecule has 2 atom stereocenters. The molecule has 4 rings (SSSR count). The van der Waals surface area contributed by atoms with Crippen LogP contribution in [-0.4, -0.2) is 23.8 Å². The third-order valence-corrected chi connectivity index (χ3v) is 6.14. The molecule has 0 saturated carbocycles. The Balaban J connectivity index is 1.53. The number of rotatable bonds is 7. The Morgan fingerprint density at radius 2 is 1.41 bits per heavy atom. The Hall–Kier alpha value is -3.60. The third kappa shape index (κ3) is 4.24. The van der Waals surface area contributed by atoms with Gasteiger partial charge in [0.1, 0.15) is 6.61 Å². The second kappa shape index (κ2) is 9.27. The van der Waals surface area contributed by atoms with E-state index in [1.807, 2.05) is 68.4 Å². The number of carbonyl (C=O) groups excluding carboxylic acids is 1. The van der Waals surface area contributed by atoms with Gasteiger partial charge in [-0.3, -0.25) is 4.79 Å². The summed E-state index contributed by atoms with van der Waals surface area (Å²) in [5.41, 5.74) is 5.32. The fourth-order valence-electron chi connectivity index (χ4n) is 4.62. The highest BCUT2D eigenvalue weighted by Crippen LogP contribution is 2.44. The lowest BCUT2D eigenvalue weighted by molar-refractivity contribution is -0.144. The van der Waals surface area contributed by atoms with Gasteiger partial charge in [-0.15, -0.1) is 0 Å². The molecule has 0 bridgehead atoms. The molecule has 1 aliphatic rings. The molecule has 0 aliphatic heterocycles.